The molecule has 0 saturated carbocycles. The summed E-state index contributed by atoms with van der Waals surface area (Å²) in [7, 11) is 0. The lowest BCUT2D eigenvalue weighted by molar-refractivity contribution is -0.167. The van der Waals surface area contributed by atoms with Crippen molar-refractivity contribution in [3.63, 3.8) is 0 Å². The highest BCUT2D eigenvalue weighted by Crippen LogP contribution is 2.16. The molecule has 0 radical (unpaired) electrons. The van der Waals surface area contributed by atoms with E-state index in [0.29, 0.717) is 19.3 Å². The van der Waals surface area contributed by atoms with E-state index in [2.05, 4.69) is 27.7 Å². The molecule has 0 unspecified atom stereocenters. The average Bonchev–Trinajstić information content (AvgIpc) is 3.17. The average molecular weight is 779 g/mol. The molecule has 0 saturated heterocycles. The topological polar surface area (TPSA) is 78.9 Å². The van der Waals surface area contributed by atoms with Crippen LogP contribution in [0.2, 0.25) is 0 Å². The van der Waals surface area contributed by atoms with Gasteiger partial charge in [0.2, 0.25) is 0 Å². The zero-order valence-corrected chi connectivity index (χ0v) is 37.4. The monoisotopic (exact) mass is 779 g/mol. The molecule has 0 N–H and O–H groups in total. The van der Waals surface area contributed by atoms with Gasteiger partial charge in [-0.15, -0.1) is 0 Å². The second kappa shape index (κ2) is 43.5. The summed E-state index contributed by atoms with van der Waals surface area (Å²) < 4.78 is 16.8. The summed E-state index contributed by atoms with van der Waals surface area (Å²) in [4.78, 5) is 37.8. The first kappa shape index (κ1) is 53.4. The Labute approximate surface area is 342 Å². The Morgan fingerprint density at radius 3 is 0.891 bits per heavy atom. The largest absolute Gasteiger partial charge is 0.462 e. The number of rotatable bonds is 44. The minimum atomic E-state index is -0.759. The maximum atomic E-state index is 12.7. The van der Waals surface area contributed by atoms with Crippen LogP contribution in [-0.2, 0) is 28.6 Å². The molecule has 0 spiro atoms. The molecular weight excluding hydrogens is 685 g/mol. The van der Waals surface area contributed by atoms with Crippen molar-refractivity contribution in [2.24, 2.45) is 5.92 Å². The Kier molecular flexibility index (Phi) is 42.3. The van der Waals surface area contributed by atoms with Crippen LogP contribution in [0.1, 0.15) is 272 Å². The second-order valence-electron chi connectivity index (χ2n) is 17.2. The van der Waals surface area contributed by atoms with Crippen LogP contribution in [0.5, 0.6) is 0 Å². The minimum absolute atomic E-state index is 0.0632. The van der Waals surface area contributed by atoms with Gasteiger partial charge in [-0.3, -0.25) is 14.4 Å². The van der Waals surface area contributed by atoms with Gasteiger partial charge in [-0.2, -0.15) is 0 Å². The van der Waals surface area contributed by atoms with E-state index in [-0.39, 0.29) is 31.1 Å². The summed E-state index contributed by atoms with van der Waals surface area (Å²) in [5.41, 5.74) is 0. The summed E-state index contributed by atoms with van der Waals surface area (Å²) in [6.07, 6.45) is 43.6. The molecule has 6 heteroatoms. The number of hydrogen-bond donors (Lipinski definition) is 0. The summed E-state index contributed by atoms with van der Waals surface area (Å²) in [5, 5.41) is 0. The fourth-order valence-corrected chi connectivity index (χ4v) is 7.33. The van der Waals surface area contributed by atoms with E-state index >= 15 is 0 Å². The van der Waals surface area contributed by atoms with Crippen LogP contribution >= 0.6 is 0 Å². The van der Waals surface area contributed by atoms with Gasteiger partial charge in [0, 0.05) is 19.3 Å². The molecule has 0 fully saturated rings. The van der Waals surface area contributed by atoms with Gasteiger partial charge in [-0.05, 0) is 25.2 Å². The maximum Gasteiger partial charge on any atom is 0.306 e. The van der Waals surface area contributed by atoms with Crippen molar-refractivity contribution in [1.82, 2.24) is 0 Å². The normalized spacial score (nSPS) is 11.9. The van der Waals surface area contributed by atoms with Crippen LogP contribution in [0, 0.1) is 5.92 Å². The first-order valence-electron chi connectivity index (χ1n) is 24.4. The van der Waals surface area contributed by atoms with Crippen molar-refractivity contribution < 1.29 is 28.6 Å². The molecule has 6 nitrogen and oxygen atoms in total. The van der Waals surface area contributed by atoms with Gasteiger partial charge in [0.25, 0.3) is 0 Å². The Hall–Kier alpha value is -1.59. The summed E-state index contributed by atoms with van der Waals surface area (Å²) in [5.74, 6) is -0.0246. The first-order valence-corrected chi connectivity index (χ1v) is 24.4. The molecule has 1 atom stereocenters. The third kappa shape index (κ3) is 43.4. The number of hydrogen-bond acceptors (Lipinski definition) is 6. The summed E-state index contributed by atoms with van der Waals surface area (Å²) >= 11 is 0. The van der Waals surface area contributed by atoms with Gasteiger partial charge in [-0.25, -0.2) is 0 Å². The standard InChI is InChI=1S/C49H94O6/c1-5-7-9-11-13-15-17-21-25-29-33-37-41-48(51)54-44-46(43-53-47(50)40-36-32-28-24-19-16-14-12-10-8-6-2)55-49(52)42-38-34-30-26-22-18-20-23-27-31-35-39-45(3)4/h45-46H,5-44H2,1-4H3/t46-/m1/s1. The highest BCUT2D eigenvalue weighted by molar-refractivity contribution is 5.71. The molecule has 0 aromatic carbocycles. The Morgan fingerprint density at radius 2 is 0.600 bits per heavy atom. The maximum absolute atomic E-state index is 12.7. The molecule has 0 bridgehead atoms. The molecule has 0 aliphatic rings. The lowest BCUT2D eigenvalue weighted by atomic mass is 10.0. The number of carbonyl (C=O) groups is 3. The first-order chi connectivity index (χ1) is 26.9. The van der Waals surface area contributed by atoms with Crippen molar-refractivity contribution in [3.05, 3.63) is 0 Å². The third-order valence-corrected chi connectivity index (χ3v) is 11.0. The number of carbonyl (C=O) groups excluding carboxylic acids is 3. The van der Waals surface area contributed by atoms with Crippen molar-refractivity contribution in [2.45, 2.75) is 278 Å². The fourth-order valence-electron chi connectivity index (χ4n) is 7.33. The molecule has 0 heterocycles. The number of ether oxygens (including phenoxy) is 3. The predicted molar refractivity (Wildman–Crippen MR) is 233 cm³/mol. The molecule has 55 heavy (non-hydrogen) atoms. The van der Waals surface area contributed by atoms with Gasteiger partial charge in [0.1, 0.15) is 13.2 Å². The lowest BCUT2D eigenvalue weighted by Crippen LogP contribution is -2.30. The highest BCUT2D eigenvalue weighted by atomic mass is 16.6. The zero-order chi connectivity index (χ0) is 40.3. The Morgan fingerprint density at radius 1 is 0.345 bits per heavy atom. The van der Waals surface area contributed by atoms with Crippen LogP contribution in [0.25, 0.3) is 0 Å². The lowest BCUT2D eigenvalue weighted by Gasteiger charge is -2.18. The molecule has 0 aliphatic heterocycles. The smallest absolute Gasteiger partial charge is 0.306 e. The number of unbranched alkanes of at least 4 members (excludes halogenated alkanes) is 31. The van der Waals surface area contributed by atoms with Crippen LogP contribution in [0.3, 0.4) is 0 Å². The van der Waals surface area contributed by atoms with Gasteiger partial charge < -0.3 is 14.2 Å². The predicted octanol–water partition coefficient (Wildman–Crippen LogP) is 15.5. The van der Waals surface area contributed by atoms with E-state index in [1.165, 1.54) is 167 Å². The van der Waals surface area contributed by atoms with Crippen molar-refractivity contribution >= 4 is 17.9 Å². The fraction of sp³-hybridized carbons (Fsp3) is 0.939. The van der Waals surface area contributed by atoms with E-state index < -0.39 is 6.10 Å². The van der Waals surface area contributed by atoms with Gasteiger partial charge in [-0.1, -0.05) is 233 Å². The van der Waals surface area contributed by atoms with Gasteiger partial charge in [0.15, 0.2) is 6.10 Å². The van der Waals surface area contributed by atoms with Crippen molar-refractivity contribution in [3.8, 4) is 0 Å². The Bertz CT molecular complexity index is 826. The van der Waals surface area contributed by atoms with E-state index in [4.69, 9.17) is 14.2 Å². The quantitative estimate of drug-likeness (QED) is 0.0348. The van der Waals surface area contributed by atoms with E-state index in [1.807, 2.05) is 0 Å². The van der Waals surface area contributed by atoms with Crippen LogP contribution < -0.4 is 0 Å². The van der Waals surface area contributed by atoms with E-state index in [9.17, 15) is 14.4 Å². The molecule has 0 aromatic rings. The van der Waals surface area contributed by atoms with Crippen molar-refractivity contribution in [1.29, 1.82) is 0 Å². The molecule has 0 amide bonds. The SMILES string of the molecule is CCCCCCCCCCCCCCC(=O)OC[C@@H](COC(=O)CCCCCCCCCCCCC)OC(=O)CCCCCCCCCCCCCC(C)C. The zero-order valence-electron chi connectivity index (χ0n) is 37.4. The summed E-state index contributed by atoms with van der Waals surface area (Å²) in [6, 6.07) is 0. The van der Waals surface area contributed by atoms with Crippen LogP contribution in [0.4, 0.5) is 0 Å². The summed E-state index contributed by atoms with van der Waals surface area (Å²) in [6.45, 7) is 9.00. The minimum Gasteiger partial charge on any atom is -0.462 e. The van der Waals surface area contributed by atoms with Crippen LogP contribution in [0.15, 0.2) is 0 Å². The Balaban J connectivity index is 4.32. The number of esters is 3. The van der Waals surface area contributed by atoms with E-state index in [0.717, 1.165) is 63.7 Å². The molecular formula is C49H94O6. The van der Waals surface area contributed by atoms with Gasteiger partial charge in [0.05, 0.1) is 0 Å². The molecule has 0 aromatic heterocycles. The molecule has 326 valence electrons. The molecule has 0 rings (SSSR count). The van der Waals surface area contributed by atoms with Gasteiger partial charge >= 0.3 is 17.9 Å². The van der Waals surface area contributed by atoms with E-state index in [1.54, 1.807) is 0 Å². The second-order valence-corrected chi connectivity index (χ2v) is 17.2. The third-order valence-electron chi connectivity index (χ3n) is 11.0. The highest BCUT2D eigenvalue weighted by Gasteiger charge is 2.19. The van der Waals surface area contributed by atoms with Crippen molar-refractivity contribution in [2.75, 3.05) is 13.2 Å². The molecule has 0 aliphatic carbocycles. The van der Waals surface area contributed by atoms with Crippen LogP contribution in [-0.4, -0.2) is 37.2 Å².